The Labute approximate surface area is 128 Å². The van der Waals surface area contributed by atoms with Crippen molar-refractivity contribution in [3.63, 3.8) is 0 Å². The van der Waals surface area contributed by atoms with Crippen molar-refractivity contribution in [1.29, 1.82) is 0 Å². The number of nitrogens with zero attached hydrogens (tertiary/aromatic N) is 4. The predicted octanol–water partition coefficient (Wildman–Crippen LogP) is 2.37. The highest BCUT2D eigenvalue weighted by molar-refractivity contribution is 5.57. The van der Waals surface area contributed by atoms with E-state index in [4.69, 9.17) is 0 Å². The third-order valence-corrected chi connectivity index (χ3v) is 4.43. The van der Waals surface area contributed by atoms with Crippen LogP contribution in [-0.4, -0.2) is 37.0 Å². The molecule has 0 fully saturated rings. The largest absolute Gasteiger partial charge is 0.395 e. The number of hydrogen-bond acceptors (Lipinski definition) is 4. The molecule has 6 nitrogen and oxygen atoms in total. The van der Waals surface area contributed by atoms with Crippen LogP contribution in [0.3, 0.4) is 0 Å². The SMILES string of the molecule is FC(F)(F)C1C=CC([C@@H]2Cc3[nH]nc(-c4nn[nH]n4)c3C2)=CC1. The van der Waals surface area contributed by atoms with Crippen LogP contribution in [-0.2, 0) is 12.8 Å². The zero-order valence-electron chi connectivity index (χ0n) is 11.9. The first kappa shape index (κ1) is 14.2. The fraction of sp³-hybridized carbons (Fsp3) is 0.429. The number of tetrazole rings is 1. The molecule has 0 amide bonds. The Balaban J connectivity index is 1.52. The molecule has 1 unspecified atom stereocenters. The van der Waals surface area contributed by atoms with Gasteiger partial charge in [0.2, 0.25) is 5.82 Å². The average Bonchev–Trinajstić information content (AvgIpc) is 3.22. The maximum Gasteiger partial charge on any atom is 0.395 e. The van der Waals surface area contributed by atoms with E-state index in [2.05, 4.69) is 30.8 Å². The molecule has 2 aliphatic rings. The first-order valence-electron chi connectivity index (χ1n) is 7.27. The van der Waals surface area contributed by atoms with Crippen LogP contribution in [0.4, 0.5) is 13.2 Å². The number of halogens is 3. The average molecular weight is 322 g/mol. The second-order valence-electron chi connectivity index (χ2n) is 5.82. The minimum Gasteiger partial charge on any atom is -0.282 e. The third kappa shape index (κ3) is 2.45. The molecule has 23 heavy (non-hydrogen) atoms. The monoisotopic (exact) mass is 322 g/mol. The fourth-order valence-electron chi connectivity index (χ4n) is 3.22. The molecule has 2 heterocycles. The summed E-state index contributed by atoms with van der Waals surface area (Å²) in [7, 11) is 0. The molecule has 0 spiro atoms. The van der Waals surface area contributed by atoms with Gasteiger partial charge in [0.25, 0.3) is 0 Å². The number of nitrogens with one attached hydrogen (secondary N) is 2. The topological polar surface area (TPSA) is 83.1 Å². The van der Waals surface area contributed by atoms with E-state index in [0.29, 0.717) is 17.9 Å². The number of H-pyrrole nitrogens is 2. The van der Waals surface area contributed by atoms with Crippen molar-refractivity contribution < 1.29 is 13.2 Å². The molecule has 2 aliphatic carbocycles. The Morgan fingerprint density at radius 3 is 2.70 bits per heavy atom. The van der Waals surface area contributed by atoms with Gasteiger partial charge in [-0.05, 0) is 36.0 Å². The quantitative estimate of drug-likeness (QED) is 0.889. The molecule has 2 N–H and O–H groups in total. The second-order valence-corrected chi connectivity index (χ2v) is 5.82. The minimum atomic E-state index is -4.17. The van der Waals surface area contributed by atoms with Gasteiger partial charge in [-0.25, -0.2) is 0 Å². The van der Waals surface area contributed by atoms with Gasteiger partial charge in [0.15, 0.2) is 0 Å². The predicted molar refractivity (Wildman–Crippen MR) is 74.0 cm³/mol. The van der Waals surface area contributed by atoms with Crippen molar-refractivity contribution in [2.24, 2.45) is 11.8 Å². The standard InChI is InChI=1S/C14H13F3N6/c15-14(16,17)9-3-1-7(2-4-9)8-5-10-11(6-8)18-19-12(10)13-20-22-23-21-13/h1-3,8-9H,4-6H2,(H,18,19)(H,20,21,22,23)/t8-,9?/m0/s1. The van der Waals surface area contributed by atoms with E-state index in [1.165, 1.54) is 6.08 Å². The lowest BCUT2D eigenvalue weighted by Crippen LogP contribution is -2.22. The van der Waals surface area contributed by atoms with Crippen molar-refractivity contribution in [3.8, 4) is 11.5 Å². The second kappa shape index (κ2) is 5.04. The van der Waals surface area contributed by atoms with Crippen LogP contribution in [0.1, 0.15) is 17.7 Å². The smallest absolute Gasteiger partial charge is 0.282 e. The molecule has 0 bridgehead atoms. The Morgan fingerprint density at radius 2 is 2.04 bits per heavy atom. The summed E-state index contributed by atoms with van der Waals surface area (Å²) in [6.07, 6.45) is 1.86. The van der Waals surface area contributed by atoms with Crippen molar-refractivity contribution >= 4 is 0 Å². The van der Waals surface area contributed by atoms with Crippen LogP contribution >= 0.6 is 0 Å². The number of aromatic nitrogens is 6. The first-order valence-corrected chi connectivity index (χ1v) is 7.27. The molecular weight excluding hydrogens is 309 g/mol. The van der Waals surface area contributed by atoms with Gasteiger partial charge in [-0.3, -0.25) is 5.10 Å². The molecule has 0 saturated carbocycles. The van der Waals surface area contributed by atoms with Crippen LogP contribution < -0.4 is 0 Å². The summed E-state index contributed by atoms with van der Waals surface area (Å²) in [6.45, 7) is 0. The van der Waals surface area contributed by atoms with Crippen LogP contribution in [0.2, 0.25) is 0 Å². The molecule has 120 valence electrons. The number of rotatable bonds is 2. The van der Waals surface area contributed by atoms with Crippen molar-refractivity contribution in [2.45, 2.75) is 25.4 Å². The molecular formula is C14H13F3N6. The van der Waals surface area contributed by atoms with Gasteiger partial charge in [0, 0.05) is 11.3 Å². The lowest BCUT2D eigenvalue weighted by Gasteiger charge is -2.21. The van der Waals surface area contributed by atoms with E-state index < -0.39 is 12.1 Å². The van der Waals surface area contributed by atoms with E-state index in [-0.39, 0.29) is 12.3 Å². The molecule has 0 saturated heterocycles. The van der Waals surface area contributed by atoms with Gasteiger partial charge in [-0.2, -0.15) is 23.5 Å². The molecule has 0 radical (unpaired) electrons. The molecule has 2 aromatic rings. The lowest BCUT2D eigenvalue weighted by molar-refractivity contribution is -0.160. The Bertz CT molecular complexity index is 771. The Morgan fingerprint density at radius 1 is 1.17 bits per heavy atom. The summed E-state index contributed by atoms with van der Waals surface area (Å²) in [4.78, 5) is 0. The molecule has 2 atom stereocenters. The van der Waals surface area contributed by atoms with E-state index in [1.807, 2.05) is 0 Å². The minimum absolute atomic E-state index is 0.00964. The van der Waals surface area contributed by atoms with Crippen molar-refractivity contribution in [3.05, 3.63) is 35.1 Å². The normalized spacial score (nSPS) is 23.9. The lowest BCUT2D eigenvalue weighted by atomic mass is 9.88. The van der Waals surface area contributed by atoms with Crippen LogP contribution in [0.15, 0.2) is 23.8 Å². The highest BCUT2D eigenvalue weighted by atomic mass is 19.4. The number of hydrogen-bond donors (Lipinski definition) is 2. The fourth-order valence-corrected chi connectivity index (χ4v) is 3.22. The maximum atomic E-state index is 12.7. The van der Waals surface area contributed by atoms with Gasteiger partial charge in [-0.1, -0.05) is 18.2 Å². The van der Waals surface area contributed by atoms with Crippen LogP contribution in [0.25, 0.3) is 11.5 Å². The summed E-state index contributed by atoms with van der Waals surface area (Å²) in [5, 5.41) is 21.0. The van der Waals surface area contributed by atoms with Crippen LogP contribution in [0.5, 0.6) is 0 Å². The summed E-state index contributed by atoms with van der Waals surface area (Å²) >= 11 is 0. The van der Waals surface area contributed by atoms with Gasteiger partial charge in [-0.15, -0.1) is 10.2 Å². The van der Waals surface area contributed by atoms with Gasteiger partial charge < -0.3 is 0 Å². The number of alkyl halides is 3. The maximum absolute atomic E-state index is 12.7. The third-order valence-electron chi connectivity index (χ3n) is 4.43. The van der Waals surface area contributed by atoms with E-state index in [0.717, 1.165) is 23.3 Å². The summed E-state index contributed by atoms with van der Waals surface area (Å²) in [5.41, 5.74) is 3.62. The van der Waals surface area contributed by atoms with E-state index >= 15 is 0 Å². The summed E-state index contributed by atoms with van der Waals surface area (Å²) in [5.74, 6) is -0.786. The van der Waals surface area contributed by atoms with Crippen LogP contribution in [0, 0.1) is 11.8 Å². The molecule has 2 aromatic heterocycles. The highest BCUT2D eigenvalue weighted by Gasteiger charge is 2.39. The summed E-state index contributed by atoms with van der Waals surface area (Å²) < 4.78 is 38.1. The molecule has 9 heteroatoms. The number of allylic oxidation sites excluding steroid dienone is 4. The first-order chi connectivity index (χ1) is 11.0. The van der Waals surface area contributed by atoms with Crippen molar-refractivity contribution in [1.82, 2.24) is 30.8 Å². The number of fused-ring (bicyclic) bond motifs is 1. The number of aromatic amines is 2. The Hall–Kier alpha value is -2.45. The van der Waals surface area contributed by atoms with Gasteiger partial charge in [0.05, 0.1) is 5.92 Å². The van der Waals surface area contributed by atoms with E-state index in [9.17, 15) is 13.2 Å². The molecule has 4 rings (SSSR count). The van der Waals surface area contributed by atoms with Crippen molar-refractivity contribution in [2.75, 3.05) is 0 Å². The summed E-state index contributed by atoms with van der Waals surface area (Å²) in [6, 6.07) is 0. The zero-order valence-corrected chi connectivity index (χ0v) is 11.9. The van der Waals surface area contributed by atoms with Gasteiger partial charge in [0.1, 0.15) is 5.69 Å². The zero-order chi connectivity index (χ0) is 16.0. The van der Waals surface area contributed by atoms with Gasteiger partial charge >= 0.3 is 6.18 Å². The molecule has 0 aromatic carbocycles. The molecule has 0 aliphatic heterocycles. The Kier molecular flexibility index (Phi) is 3.10. The van der Waals surface area contributed by atoms with E-state index in [1.54, 1.807) is 12.2 Å². The highest BCUT2D eigenvalue weighted by Crippen LogP contribution is 2.39.